The van der Waals surface area contributed by atoms with Gasteiger partial charge in [-0.2, -0.15) is 0 Å². The highest BCUT2D eigenvalue weighted by atomic mass is 32.2. The molecule has 1 aromatic heterocycles. The van der Waals surface area contributed by atoms with Crippen LogP contribution in [0.3, 0.4) is 0 Å². The minimum Gasteiger partial charge on any atom is -0.338 e. The van der Waals surface area contributed by atoms with E-state index in [1.165, 1.54) is 45.6 Å². The van der Waals surface area contributed by atoms with Crippen molar-refractivity contribution in [1.82, 2.24) is 14.5 Å². The van der Waals surface area contributed by atoms with Crippen LogP contribution in [0.25, 0.3) is 5.69 Å². The Labute approximate surface area is 174 Å². The van der Waals surface area contributed by atoms with Gasteiger partial charge in [-0.05, 0) is 48.6 Å². The number of hydrogen-bond acceptors (Lipinski definition) is 4. The number of aromatic nitrogens is 2. The van der Waals surface area contributed by atoms with Gasteiger partial charge < -0.3 is 4.90 Å². The summed E-state index contributed by atoms with van der Waals surface area (Å²) in [6, 6.07) is 13.3. The van der Waals surface area contributed by atoms with Gasteiger partial charge in [-0.1, -0.05) is 30.3 Å². The monoisotopic (exact) mass is 427 g/mol. The average molecular weight is 428 g/mol. The van der Waals surface area contributed by atoms with E-state index in [2.05, 4.69) is 4.98 Å². The molecule has 0 radical (unpaired) electrons. The van der Waals surface area contributed by atoms with Crippen LogP contribution in [-0.4, -0.2) is 41.6 Å². The molecule has 0 saturated carbocycles. The first kappa shape index (κ1) is 20.3. The third-order valence-corrected chi connectivity index (χ3v) is 6.97. The fourth-order valence-corrected chi connectivity index (χ4v) is 5.32. The molecular formula is C22H22FN3O3S. The number of carbonyl (C=O) groups is 1. The normalized spacial score (nSPS) is 16.1. The molecule has 0 saturated heterocycles. The molecule has 2 aromatic carbocycles. The number of carbonyl (C=O) groups excluding carboxylic acids is 1. The Balaban J connectivity index is 1.58. The van der Waals surface area contributed by atoms with Gasteiger partial charge in [-0.25, -0.2) is 17.8 Å². The maximum Gasteiger partial charge on any atom is 0.238 e. The first-order valence-corrected chi connectivity index (χ1v) is 11.4. The van der Waals surface area contributed by atoms with Crippen molar-refractivity contribution in [3.05, 3.63) is 77.9 Å². The molecule has 1 atom stereocenters. The molecule has 0 spiro atoms. The number of nitrogens with zero attached hydrogens (tertiary/aromatic N) is 3. The molecule has 4 rings (SSSR count). The second-order valence-corrected chi connectivity index (χ2v) is 9.31. The molecule has 6 nitrogen and oxygen atoms in total. The molecule has 3 aromatic rings. The highest BCUT2D eigenvalue weighted by molar-refractivity contribution is 7.92. The zero-order chi connectivity index (χ0) is 21.3. The summed E-state index contributed by atoms with van der Waals surface area (Å²) in [6.07, 6.45) is 5.45. The minimum absolute atomic E-state index is 0.152. The standard InChI is InChI=1S/C22H22FN3O3S/c1-25(20-11-4-7-16-6-2-3-10-19(16)20)21(27)15-30(28,29)22-24-12-13-26(22)18-9-5-8-17(23)14-18/h2-3,5-6,8-10,12-14,20H,4,7,11,15H2,1H3. The number of hydrogen-bond donors (Lipinski definition) is 0. The SMILES string of the molecule is CN(C(=O)CS(=O)(=O)c1nccn1-c1cccc(F)c1)C1CCCc2ccccc21. The predicted molar refractivity (Wildman–Crippen MR) is 110 cm³/mol. The van der Waals surface area contributed by atoms with E-state index in [-0.39, 0.29) is 11.2 Å². The van der Waals surface area contributed by atoms with E-state index in [9.17, 15) is 17.6 Å². The Kier molecular flexibility index (Phi) is 5.42. The van der Waals surface area contributed by atoms with Gasteiger partial charge in [0.25, 0.3) is 0 Å². The lowest BCUT2D eigenvalue weighted by Crippen LogP contribution is -2.37. The van der Waals surface area contributed by atoms with E-state index in [4.69, 9.17) is 0 Å². The average Bonchev–Trinajstić information content (AvgIpc) is 3.23. The summed E-state index contributed by atoms with van der Waals surface area (Å²) < 4.78 is 40.8. The van der Waals surface area contributed by atoms with Crippen LogP contribution in [0, 0.1) is 5.82 Å². The van der Waals surface area contributed by atoms with Crippen LogP contribution in [0.1, 0.15) is 30.0 Å². The largest absolute Gasteiger partial charge is 0.338 e. The molecule has 156 valence electrons. The van der Waals surface area contributed by atoms with Gasteiger partial charge in [0, 0.05) is 19.4 Å². The summed E-state index contributed by atoms with van der Waals surface area (Å²) in [7, 11) is -2.39. The zero-order valence-corrected chi connectivity index (χ0v) is 17.3. The summed E-state index contributed by atoms with van der Waals surface area (Å²) in [5.41, 5.74) is 2.59. The predicted octanol–water partition coefficient (Wildman–Crippen LogP) is 3.32. The third kappa shape index (κ3) is 3.87. The number of halogens is 1. The molecule has 0 N–H and O–H groups in total. The fourth-order valence-electron chi connectivity index (χ4n) is 3.98. The van der Waals surface area contributed by atoms with Crippen molar-refractivity contribution < 1.29 is 17.6 Å². The quantitative estimate of drug-likeness (QED) is 0.626. The molecular weight excluding hydrogens is 405 g/mol. The van der Waals surface area contributed by atoms with Crippen LogP contribution in [0.5, 0.6) is 0 Å². The number of benzene rings is 2. The molecule has 1 aliphatic carbocycles. The Morgan fingerprint density at radius 1 is 1.23 bits per heavy atom. The van der Waals surface area contributed by atoms with Crippen molar-refractivity contribution in [1.29, 1.82) is 0 Å². The number of fused-ring (bicyclic) bond motifs is 1. The third-order valence-electron chi connectivity index (χ3n) is 5.48. The van der Waals surface area contributed by atoms with E-state index in [0.29, 0.717) is 5.69 Å². The lowest BCUT2D eigenvalue weighted by molar-refractivity contribution is -0.129. The molecule has 0 bridgehead atoms. The first-order chi connectivity index (χ1) is 14.4. The number of sulfone groups is 1. The topological polar surface area (TPSA) is 72.3 Å². The maximum absolute atomic E-state index is 13.6. The van der Waals surface area contributed by atoms with Crippen molar-refractivity contribution >= 4 is 15.7 Å². The summed E-state index contributed by atoms with van der Waals surface area (Å²) in [5.74, 6) is -1.68. The Bertz CT molecular complexity index is 1190. The van der Waals surface area contributed by atoms with Gasteiger partial charge in [0.2, 0.25) is 20.9 Å². The van der Waals surface area contributed by atoms with E-state index in [1.54, 1.807) is 13.1 Å². The second-order valence-electron chi connectivity index (χ2n) is 7.43. The van der Waals surface area contributed by atoms with Crippen molar-refractivity contribution in [2.45, 2.75) is 30.5 Å². The van der Waals surface area contributed by atoms with Crippen LogP contribution < -0.4 is 0 Å². The second kappa shape index (κ2) is 8.02. The van der Waals surface area contributed by atoms with Crippen molar-refractivity contribution in [3.63, 3.8) is 0 Å². The number of aryl methyl sites for hydroxylation is 1. The van der Waals surface area contributed by atoms with Gasteiger partial charge >= 0.3 is 0 Å². The Hall–Kier alpha value is -3.00. The molecule has 1 aliphatic rings. The molecule has 8 heteroatoms. The molecule has 1 amide bonds. The number of rotatable bonds is 5. The Morgan fingerprint density at radius 3 is 2.83 bits per heavy atom. The van der Waals surface area contributed by atoms with Gasteiger partial charge in [-0.3, -0.25) is 9.36 Å². The van der Waals surface area contributed by atoms with E-state index in [0.717, 1.165) is 24.8 Å². The molecule has 0 aliphatic heterocycles. The van der Waals surface area contributed by atoms with Gasteiger partial charge in [0.05, 0.1) is 11.7 Å². The molecule has 1 heterocycles. The highest BCUT2D eigenvalue weighted by Crippen LogP contribution is 2.33. The van der Waals surface area contributed by atoms with Crippen molar-refractivity contribution in [3.8, 4) is 5.69 Å². The summed E-state index contributed by atoms with van der Waals surface area (Å²) in [6.45, 7) is 0. The zero-order valence-electron chi connectivity index (χ0n) is 16.5. The molecule has 30 heavy (non-hydrogen) atoms. The number of imidazole rings is 1. The van der Waals surface area contributed by atoms with Crippen molar-refractivity contribution in [2.75, 3.05) is 12.8 Å². The number of amides is 1. The Morgan fingerprint density at radius 2 is 2.03 bits per heavy atom. The van der Waals surface area contributed by atoms with E-state index >= 15 is 0 Å². The fraction of sp³-hybridized carbons (Fsp3) is 0.273. The van der Waals surface area contributed by atoms with Gasteiger partial charge in [-0.15, -0.1) is 0 Å². The lowest BCUT2D eigenvalue weighted by Gasteiger charge is -2.33. The minimum atomic E-state index is -4.03. The van der Waals surface area contributed by atoms with Crippen LogP contribution in [0.15, 0.2) is 66.1 Å². The van der Waals surface area contributed by atoms with E-state index < -0.39 is 27.3 Å². The van der Waals surface area contributed by atoms with Crippen LogP contribution in [0.4, 0.5) is 4.39 Å². The molecule has 0 fully saturated rings. The molecule has 1 unspecified atom stereocenters. The first-order valence-electron chi connectivity index (χ1n) is 9.72. The van der Waals surface area contributed by atoms with Gasteiger partial charge in [0.1, 0.15) is 11.6 Å². The smallest absolute Gasteiger partial charge is 0.238 e. The lowest BCUT2D eigenvalue weighted by atomic mass is 9.87. The summed E-state index contributed by atoms with van der Waals surface area (Å²) >= 11 is 0. The van der Waals surface area contributed by atoms with Gasteiger partial charge in [0.15, 0.2) is 0 Å². The maximum atomic E-state index is 13.6. The summed E-state index contributed by atoms with van der Waals surface area (Å²) in [5, 5.41) is -0.279. The van der Waals surface area contributed by atoms with Crippen LogP contribution in [-0.2, 0) is 21.1 Å². The van der Waals surface area contributed by atoms with Crippen LogP contribution >= 0.6 is 0 Å². The van der Waals surface area contributed by atoms with Crippen LogP contribution in [0.2, 0.25) is 0 Å². The summed E-state index contributed by atoms with van der Waals surface area (Å²) in [4.78, 5) is 18.4. The van der Waals surface area contributed by atoms with E-state index in [1.807, 2.05) is 24.3 Å². The van der Waals surface area contributed by atoms with Crippen molar-refractivity contribution in [2.24, 2.45) is 0 Å². The highest BCUT2D eigenvalue weighted by Gasteiger charge is 2.31.